The molecule has 1 fully saturated rings. The molecule has 1 nitrogen and oxygen atoms in total. The molecule has 2 aromatic rings. The van der Waals surface area contributed by atoms with E-state index in [2.05, 4.69) is 77.2 Å². The SMILES string of the molecule is I/C(=C1\[Se]C(=NC2CCCCC2)c2ccccc21)c1ccccc1. The van der Waals surface area contributed by atoms with E-state index in [-0.39, 0.29) is 0 Å². The van der Waals surface area contributed by atoms with Crippen LogP contribution < -0.4 is 0 Å². The third-order valence-corrected chi connectivity index (χ3v) is 9.09. The predicted molar refractivity (Wildman–Crippen MR) is 113 cm³/mol. The van der Waals surface area contributed by atoms with Crippen LogP contribution >= 0.6 is 22.6 Å². The molecule has 0 amide bonds. The second kappa shape index (κ2) is 7.55. The number of hydrogen-bond acceptors (Lipinski definition) is 1. The van der Waals surface area contributed by atoms with E-state index in [0.29, 0.717) is 21.0 Å². The van der Waals surface area contributed by atoms with E-state index >= 15 is 0 Å². The third kappa shape index (κ3) is 3.40. The predicted octanol–water partition coefficient (Wildman–Crippen LogP) is 5.74. The summed E-state index contributed by atoms with van der Waals surface area (Å²) in [7, 11) is 0. The van der Waals surface area contributed by atoms with E-state index in [9.17, 15) is 0 Å². The van der Waals surface area contributed by atoms with Crippen LogP contribution in [0.1, 0.15) is 48.8 Å². The van der Waals surface area contributed by atoms with Crippen LogP contribution in [-0.2, 0) is 0 Å². The summed E-state index contributed by atoms with van der Waals surface area (Å²) in [6.07, 6.45) is 6.63. The summed E-state index contributed by atoms with van der Waals surface area (Å²) in [5.74, 6) is 0. The molecule has 0 spiro atoms. The molecule has 4 rings (SSSR count). The average molecular weight is 492 g/mol. The molecule has 0 saturated heterocycles. The molecular formula is C21H20INSe. The van der Waals surface area contributed by atoms with E-state index in [1.807, 2.05) is 0 Å². The van der Waals surface area contributed by atoms with Gasteiger partial charge < -0.3 is 0 Å². The molecule has 0 bridgehead atoms. The molecule has 1 aliphatic carbocycles. The fourth-order valence-corrected chi connectivity index (χ4v) is 7.12. The first-order valence-electron chi connectivity index (χ1n) is 8.63. The Hall–Kier alpha value is -0.901. The van der Waals surface area contributed by atoms with Gasteiger partial charge in [-0.25, -0.2) is 0 Å². The number of halogens is 1. The van der Waals surface area contributed by atoms with E-state index in [0.717, 1.165) is 0 Å². The zero-order valence-electron chi connectivity index (χ0n) is 13.5. The van der Waals surface area contributed by atoms with E-state index < -0.39 is 0 Å². The molecule has 0 N–H and O–H groups in total. The number of nitrogens with zero attached hydrogens (tertiary/aromatic N) is 1. The van der Waals surface area contributed by atoms with Gasteiger partial charge in [0.1, 0.15) is 0 Å². The Morgan fingerprint density at radius 1 is 0.875 bits per heavy atom. The molecule has 122 valence electrons. The first-order chi connectivity index (χ1) is 11.8. The summed E-state index contributed by atoms with van der Waals surface area (Å²) in [5, 5.41) is 0. The van der Waals surface area contributed by atoms with E-state index in [4.69, 9.17) is 4.99 Å². The monoisotopic (exact) mass is 493 g/mol. The van der Waals surface area contributed by atoms with Crippen molar-refractivity contribution in [3.63, 3.8) is 0 Å². The number of rotatable bonds is 2. The summed E-state index contributed by atoms with van der Waals surface area (Å²) in [6, 6.07) is 20.2. The normalized spacial score (nSPS) is 21.8. The number of benzene rings is 2. The second-order valence-electron chi connectivity index (χ2n) is 6.38. The fourth-order valence-electron chi connectivity index (χ4n) is 3.42. The summed E-state index contributed by atoms with van der Waals surface area (Å²) in [5.41, 5.74) is 4.10. The van der Waals surface area contributed by atoms with Crippen molar-refractivity contribution in [3.05, 3.63) is 71.3 Å². The second-order valence-corrected chi connectivity index (χ2v) is 9.56. The average Bonchev–Trinajstić information content (AvgIpc) is 3.01. The molecular weight excluding hydrogens is 472 g/mol. The van der Waals surface area contributed by atoms with Gasteiger partial charge in [-0.15, -0.1) is 0 Å². The first-order valence-corrected chi connectivity index (χ1v) is 11.4. The molecule has 0 radical (unpaired) electrons. The third-order valence-electron chi connectivity index (χ3n) is 4.70. The Kier molecular flexibility index (Phi) is 5.21. The summed E-state index contributed by atoms with van der Waals surface area (Å²) in [4.78, 5) is 5.21. The Morgan fingerprint density at radius 3 is 2.29 bits per heavy atom. The molecule has 2 aromatic carbocycles. The van der Waals surface area contributed by atoms with Crippen molar-refractivity contribution in [2.75, 3.05) is 0 Å². The Labute approximate surface area is 164 Å². The summed E-state index contributed by atoms with van der Waals surface area (Å²) in [6.45, 7) is 0. The number of fused-ring (bicyclic) bond motifs is 1. The molecule has 0 atom stereocenters. The van der Waals surface area contributed by atoms with Gasteiger partial charge in [-0.2, -0.15) is 0 Å². The van der Waals surface area contributed by atoms with Crippen LogP contribution in [0.2, 0.25) is 0 Å². The minimum atomic E-state index is 0.313. The van der Waals surface area contributed by atoms with Gasteiger partial charge in [0.15, 0.2) is 0 Å². The molecule has 1 aliphatic heterocycles. The van der Waals surface area contributed by atoms with Crippen LogP contribution in [0.3, 0.4) is 0 Å². The Morgan fingerprint density at radius 2 is 1.54 bits per heavy atom. The molecule has 2 aliphatic rings. The van der Waals surface area contributed by atoms with Crippen LogP contribution in [0.5, 0.6) is 0 Å². The Bertz CT molecular complexity index is 788. The van der Waals surface area contributed by atoms with Crippen molar-refractivity contribution in [2.24, 2.45) is 4.99 Å². The number of aliphatic imine (C=N–C) groups is 1. The molecule has 1 saturated carbocycles. The minimum absolute atomic E-state index is 0.313. The van der Waals surface area contributed by atoms with Gasteiger partial charge in [-0.3, -0.25) is 0 Å². The quantitative estimate of drug-likeness (QED) is 0.375. The van der Waals surface area contributed by atoms with E-state index in [1.54, 1.807) is 0 Å². The maximum absolute atomic E-state index is 5.21. The van der Waals surface area contributed by atoms with Crippen molar-refractivity contribution in [2.45, 2.75) is 38.1 Å². The van der Waals surface area contributed by atoms with Gasteiger partial charge in [0, 0.05) is 0 Å². The molecule has 0 aromatic heterocycles. The van der Waals surface area contributed by atoms with Crippen molar-refractivity contribution < 1.29 is 0 Å². The number of hydrogen-bond donors (Lipinski definition) is 0. The molecule has 24 heavy (non-hydrogen) atoms. The zero-order chi connectivity index (χ0) is 16.4. The van der Waals surface area contributed by atoms with Crippen molar-refractivity contribution in [1.82, 2.24) is 0 Å². The summed E-state index contributed by atoms with van der Waals surface area (Å²) < 4.78 is 4.25. The van der Waals surface area contributed by atoms with Gasteiger partial charge in [0.25, 0.3) is 0 Å². The van der Waals surface area contributed by atoms with Crippen LogP contribution in [0.15, 0.2) is 59.6 Å². The summed E-state index contributed by atoms with van der Waals surface area (Å²) >= 11 is 2.84. The maximum atomic E-state index is 5.21. The topological polar surface area (TPSA) is 12.4 Å². The van der Waals surface area contributed by atoms with Crippen molar-refractivity contribution in [3.8, 4) is 0 Å². The van der Waals surface area contributed by atoms with Gasteiger partial charge >= 0.3 is 165 Å². The standard InChI is InChI=1S/C21H20INSe/c22-19(15-9-3-1-4-10-15)20-17-13-7-8-14-18(17)21(24-20)23-16-11-5-2-6-12-16/h1,3-4,7-10,13-14,16H,2,5-6,11-12H2/b20-19-,23-21?. The van der Waals surface area contributed by atoms with Crippen molar-refractivity contribution in [1.29, 1.82) is 0 Å². The van der Waals surface area contributed by atoms with Gasteiger partial charge in [0.05, 0.1) is 0 Å². The fraction of sp³-hybridized carbons (Fsp3) is 0.286. The van der Waals surface area contributed by atoms with Gasteiger partial charge in [-0.1, -0.05) is 0 Å². The molecule has 1 heterocycles. The van der Waals surface area contributed by atoms with Gasteiger partial charge in [-0.05, 0) is 0 Å². The molecule has 0 unspecified atom stereocenters. The van der Waals surface area contributed by atoms with Crippen LogP contribution in [0.4, 0.5) is 0 Å². The zero-order valence-corrected chi connectivity index (χ0v) is 17.4. The first kappa shape index (κ1) is 16.6. The van der Waals surface area contributed by atoms with Crippen molar-refractivity contribution >= 4 is 50.2 Å². The van der Waals surface area contributed by atoms with Crippen LogP contribution in [-0.4, -0.2) is 25.6 Å². The Balaban J connectivity index is 1.75. The van der Waals surface area contributed by atoms with Crippen LogP contribution in [0, 0.1) is 0 Å². The van der Waals surface area contributed by atoms with Crippen LogP contribution in [0.25, 0.3) is 8.05 Å². The van der Waals surface area contributed by atoms with Gasteiger partial charge in [0.2, 0.25) is 0 Å². The van der Waals surface area contributed by atoms with E-state index in [1.165, 1.54) is 61.5 Å². The molecule has 3 heteroatoms.